The van der Waals surface area contributed by atoms with Crippen molar-refractivity contribution in [1.82, 2.24) is 5.32 Å². The molecule has 1 heteroatoms. The van der Waals surface area contributed by atoms with Crippen LogP contribution in [0.1, 0.15) is 52.9 Å². The normalized spacial score (nSPS) is 33.2. The van der Waals surface area contributed by atoms with Gasteiger partial charge in [-0.2, -0.15) is 0 Å². The van der Waals surface area contributed by atoms with Crippen LogP contribution in [0.4, 0.5) is 0 Å². The molecule has 2 unspecified atom stereocenters. The van der Waals surface area contributed by atoms with Gasteiger partial charge in [0.15, 0.2) is 0 Å². The smallest absolute Gasteiger partial charge is 0.00724 e. The van der Waals surface area contributed by atoms with Gasteiger partial charge in [-0.05, 0) is 55.9 Å². The summed E-state index contributed by atoms with van der Waals surface area (Å²) < 4.78 is 0. The first kappa shape index (κ1) is 10.5. The second kappa shape index (κ2) is 3.84. The van der Waals surface area contributed by atoms with Crippen molar-refractivity contribution in [2.45, 2.75) is 58.9 Å². The highest BCUT2D eigenvalue weighted by Crippen LogP contribution is 2.38. The van der Waals surface area contributed by atoms with Crippen molar-refractivity contribution < 1.29 is 0 Å². The SMILES string of the molecule is CC(CNC1CCC(C)(C)C1)C1CC1. The Balaban J connectivity index is 1.66. The molecule has 2 rings (SSSR count). The van der Waals surface area contributed by atoms with Gasteiger partial charge in [-0.25, -0.2) is 0 Å². The second-order valence-electron chi connectivity index (χ2n) is 6.33. The lowest BCUT2D eigenvalue weighted by atomic mass is 9.92. The molecule has 0 radical (unpaired) electrons. The lowest BCUT2D eigenvalue weighted by Crippen LogP contribution is -2.31. The van der Waals surface area contributed by atoms with Crippen molar-refractivity contribution in [3.63, 3.8) is 0 Å². The van der Waals surface area contributed by atoms with Gasteiger partial charge in [0.25, 0.3) is 0 Å². The summed E-state index contributed by atoms with van der Waals surface area (Å²) in [6.45, 7) is 8.47. The Kier molecular flexibility index (Phi) is 2.88. The van der Waals surface area contributed by atoms with E-state index in [1.54, 1.807) is 0 Å². The molecule has 1 N–H and O–H groups in total. The lowest BCUT2D eigenvalue weighted by molar-refractivity contribution is 0.353. The Morgan fingerprint density at radius 2 is 2.00 bits per heavy atom. The quantitative estimate of drug-likeness (QED) is 0.726. The van der Waals surface area contributed by atoms with Gasteiger partial charge in [0, 0.05) is 6.04 Å². The molecule has 0 aromatic rings. The molecule has 0 aliphatic heterocycles. The van der Waals surface area contributed by atoms with Crippen molar-refractivity contribution in [2.24, 2.45) is 17.3 Å². The van der Waals surface area contributed by atoms with E-state index in [9.17, 15) is 0 Å². The summed E-state index contributed by atoms with van der Waals surface area (Å²) in [4.78, 5) is 0. The third-order valence-electron chi connectivity index (χ3n) is 4.12. The van der Waals surface area contributed by atoms with E-state index < -0.39 is 0 Å². The molecule has 2 fully saturated rings. The third kappa shape index (κ3) is 2.73. The first-order valence-electron chi connectivity index (χ1n) is 6.30. The zero-order chi connectivity index (χ0) is 10.2. The summed E-state index contributed by atoms with van der Waals surface area (Å²) in [7, 11) is 0. The molecule has 0 aromatic heterocycles. The standard InChI is InChI=1S/C13H25N/c1-10(11-4-5-11)9-14-12-6-7-13(2,3)8-12/h10-12,14H,4-9H2,1-3H3. The van der Waals surface area contributed by atoms with Crippen LogP contribution in [-0.4, -0.2) is 12.6 Å². The molecule has 0 heterocycles. The van der Waals surface area contributed by atoms with Gasteiger partial charge < -0.3 is 5.32 Å². The molecule has 82 valence electrons. The summed E-state index contributed by atoms with van der Waals surface area (Å²) in [6, 6.07) is 0.811. The van der Waals surface area contributed by atoms with E-state index in [0.29, 0.717) is 5.41 Å². The second-order valence-corrected chi connectivity index (χ2v) is 6.33. The Morgan fingerprint density at radius 1 is 1.29 bits per heavy atom. The molecule has 2 aliphatic rings. The van der Waals surface area contributed by atoms with E-state index in [1.165, 1.54) is 38.6 Å². The molecule has 14 heavy (non-hydrogen) atoms. The van der Waals surface area contributed by atoms with Gasteiger partial charge in [-0.15, -0.1) is 0 Å². The van der Waals surface area contributed by atoms with Gasteiger partial charge >= 0.3 is 0 Å². The summed E-state index contributed by atoms with van der Waals surface area (Å²) in [5.41, 5.74) is 0.598. The van der Waals surface area contributed by atoms with Crippen LogP contribution in [0.2, 0.25) is 0 Å². The molecule has 1 nitrogen and oxygen atoms in total. The predicted octanol–water partition coefficient (Wildman–Crippen LogP) is 3.20. The molecule has 0 saturated heterocycles. The summed E-state index contributed by atoms with van der Waals surface area (Å²) in [5.74, 6) is 1.97. The molecular formula is C13H25N. The van der Waals surface area contributed by atoms with E-state index in [0.717, 1.165) is 17.9 Å². The van der Waals surface area contributed by atoms with Crippen molar-refractivity contribution in [1.29, 1.82) is 0 Å². The van der Waals surface area contributed by atoms with Crippen LogP contribution in [-0.2, 0) is 0 Å². The predicted molar refractivity (Wildman–Crippen MR) is 61.3 cm³/mol. The monoisotopic (exact) mass is 195 g/mol. The van der Waals surface area contributed by atoms with Crippen LogP contribution < -0.4 is 5.32 Å². The Bertz CT molecular complexity index is 193. The van der Waals surface area contributed by atoms with E-state index in [-0.39, 0.29) is 0 Å². The molecule has 0 spiro atoms. The van der Waals surface area contributed by atoms with Crippen LogP contribution in [0.15, 0.2) is 0 Å². The fraction of sp³-hybridized carbons (Fsp3) is 1.00. The van der Waals surface area contributed by atoms with Crippen LogP contribution >= 0.6 is 0 Å². The van der Waals surface area contributed by atoms with Crippen molar-refractivity contribution in [3.8, 4) is 0 Å². The largest absolute Gasteiger partial charge is 0.314 e. The minimum atomic E-state index is 0.598. The minimum Gasteiger partial charge on any atom is -0.314 e. The number of hydrogen-bond acceptors (Lipinski definition) is 1. The Labute approximate surface area is 88.7 Å². The first-order chi connectivity index (χ1) is 6.57. The number of hydrogen-bond donors (Lipinski definition) is 1. The Morgan fingerprint density at radius 3 is 2.50 bits per heavy atom. The topological polar surface area (TPSA) is 12.0 Å². The van der Waals surface area contributed by atoms with Gasteiger partial charge in [-0.1, -0.05) is 20.8 Å². The van der Waals surface area contributed by atoms with E-state index in [1.807, 2.05) is 0 Å². The zero-order valence-electron chi connectivity index (χ0n) is 9.97. The van der Waals surface area contributed by atoms with Gasteiger partial charge in [-0.3, -0.25) is 0 Å². The average Bonchev–Trinajstić information content (AvgIpc) is 2.88. The van der Waals surface area contributed by atoms with E-state index in [2.05, 4.69) is 26.1 Å². The molecule has 2 aliphatic carbocycles. The maximum Gasteiger partial charge on any atom is 0.00724 e. The number of rotatable bonds is 4. The third-order valence-corrected chi connectivity index (χ3v) is 4.12. The molecule has 2 saturated carbocycles. The van der Waals surface area contributed by atoms with Gasteiger partial charge in [0.05, 0.1) is 0 Å². The minimum absolute atomic E-state index is 0.598. The summed E-state index contributed by atoms with van der Waals surface area (Å²) in [5, 5.41) is 3.76. The maximum atomic E-state index is 3.76. The number of nitrogens with one attached hydrogen (secondary N) is 1. The van der Waals surface area contributed by atoms with Crippen molar-refractivity contribution in [2.75, 3.05) is 6.54 Å². The molecule has 0 bridgehead atoms. The highest BCUT2D eigenvalue weighted by Gasteiger charge is 2.32. The van der Waals surface area contributed by atoms with E-state index >= 15 is 0 Å². The van der Waals surface area contributed by atoms with Crippen LogP contribution in [0.5, 0.6) is 0 Å². The first-order valence-corrected chi connectivity index (χ1v) is 6.30. The fourth-order valence-corrected chi connectivity index (χ4v) is 2.79. The molecule has 0 aromatic carbocycles. The zero-order valence-corrected chi connectivity index (χ0v) is 9.97. The average molecular weight is 195 g/mol. The van der Waals surface area contributed by atoms with Crippen LogP contribution in [0.25, 0.3) is 0 Å². The maximum absolute atomic E-state index is 3.76. The van der Waals surface area contributed by atoms with Crippen LogP contribution in [0.3, 0.4) is 0 Å². The van der Waals surface area contributed by atoms with Gasteiger partial charge in [0.1, 0.15) is 0 Å². The lowest BCUT2D eigenvalue weighted by Gasteiger charge is -2.19. The van der Waals surface area contributed by atoms with Crippen LogP contribution in [0, 0.1) is 17.3 Å². The van der Waals surface area contributed by atoms with Crippen molar-refractivity contribution >= 4 is 0 Å². The van der Waals surface area contributed by atoms with E-state index in [4.69, 9.17) is 0 Å². The highest BCUT2D eigenvalue weighted by molar-refractivity contribution is 4.88. The fourth-order valence-electron chi connectivity index (χ4n) is 2.79. The molecule has 2 atom stereocenters. The van der Waals surface area contributed by atoms with Gasteiger partial charge in [0.2, 0.25) is 0 Å². The highest BCUT2D eigenvalue weighted by atomic mass is 14.9. The molecular weight excluding hydrogens is 170 g/mol. The van der Waals surface area contributed by atoms with Crippen molar-refractivity contribution in [3.05, 3.63) is 0 Å². The molecule has 0 amide bonds. The Hall–Kier alpha value is -0.0400. The summed E-state index contributed by atoms with van der Waals surface area (Å²) >= 11 is 0. The summed E-state index contributed by atoms with van der Waals surface area (Å²) in [6.07, 6.45) is 7.15.